The Morgan fingerprint density at radius 2 is 1.55 bits per heavy atom. The van der Waals surface area contributed by atoms with Crippen LogP contribution in [0.4, 0.5) is 11.4 Å². The molecule has 0 radical (unpaired) electrons. The standard InChI is InChI=1S/C25H27N3O3/c1-18(28(2)17-24(29)26-20-13-15-21(31-3)16-14-20)25(30)27-23-12-8-7-11-22(23)19-9-5-4-6-10-19/h4-16,18H,17H2,1-3H3,(H,26,29)(H,27,30)/p+1/t18-/m1/s1. The number of hydrogen-bond donors (Lipinski definition) is 3. The molecule has 0 aliphatic carbocycles. The molecule has 0 aliphatic heterocycles. The summed E-state index contributed by atoms with van der Waals surface area (Å²) in [6, 6.07) is 24.3. The fourth-order valence-electron chi connectivity index (χ4n) is 3.21. The van der Waals surface area contributed by atoms with Crippen LogP contribution >= 0.6 is 0 Å². The predicted molar refractivity (Wildman–Crippen MR) is 123 cm³/mol. The van der Waals surface area contributed by atoms with Crippen LogP contribution in [0, 0.1) is 0 Å². The first kappa shape index (κ1) is 22.1. The van der Waals surface area contributed by atoms with Crippen molar-refractivity contribution in [1.29, 1.82) is 0 Å². The quantitative estimate of drug-likeness (QED) is 0.527. The summed E-state index contributed by atoms with van der Waals surface area (Å²) >= 11 is 0. The highest BCUT2D eigenvalue weighted by molar-refractivity contribution is 5.98. The first-order valence-corrected chi connectivity index (χ1v) is 10.2. The zero-order chi connectivity index (χ0) is 22.2. The van der Waals surface area contributed by atoms with Gasteiger partial charge in [-0.3, -0.25) is 9.59 Å². The number of hydrogen-bond acceptors (Lipinski definition) is 3. The average Bonchev–Trinajstić information content (AvgIpc) is 2.79. The van der Waals surface area contributed by atoms with E-state index in [0.29, 0.717) is 5.69 Å². The molecule has 3 N–H and O–H groups in total. The van der Waals surface area contributed by atoms with Crippen LogP contribution in [-0.4, -0.2) is 38.6 Å². The van der Waals surface area contributed by atoms with E-state index < -0.39 is 6.04 Å². The van der Waals surface area contributed by atoms with E-state index in [0.717, 1.165) is 27.5 Å². The monoisotopic (exact) mass is 418 g/mol. The van der Waals surface area contributed by atoms with E-state index in [-0.39, 0.29) is 18.4 Å². The molecule has 0 saturated carbocycles. The van der Waals surface area contributed by atoms with Crippen LogP contribution < -0.4 is 20.3 Å². The van der Waals surface area contributed by atoms with Gasteiger partial charge in [0, 0.05) is 16.9 Å². The molecule has 0 aromatic heterocycles. The molecule has 3 aromatic rings. The number of nitrogens with one attached hydrogen (secondary N) is 3. The minimum Gasteiger partial charge on any atom is -0.497 e. The lowest BCUT2D eigenvalue weighted by Crippen LogP contribution is -3.14. The van der Waals surface area contributed by atoms with E-state index in [4.69, 9.17) is 4.74 Å². The third kappa shape index (κ3) is 5.93. The molecule has 2 atom stereocenters. The molecule has 160 valence electrons. The number of ether oxygens (including phenoxy) is 1. The van der Waals surface area contributed by atoms with Crippen molar-refractivity contribution in [2.24, 2.45) is 0 Å². The Hall–Kier alpha value is -3.64. The number of benzene rings is 3. The Balaban J connectivity index is 1.60. The summed E-state index contributed by atoms with van der Waals surface area (Å²) in [6.07, 6.45) is 0. The summed E-state index contributed by atoms with van der Waals surface area (Å²) in [7, 11) is 3.43. The Labute approximate surface area is 182 Å². The van der Waals surface area contributed by atoms with E-state index in [1.54, 1.807) is 31.4 Å². The van der Waals surface area contributed by atoms with Crippen molar-refractivity contribution < 1.29 is 19.2 Å². The van der Waals surface area contributed by atoms with Crippen LogP contribution in [0.25, 0.3) is 11.1 Å². The molecule has 0 aliphatic rings. The van der Waals surface area contributed by atoms with Gasteiger partial charge in [0.05, 0.1) is 14.2 Å². The van der Waals surface area contributed by atoms with Crippen molar-refractivity contribution in [2.75, 3.05) is 31.3 Å². The Morgan fingerprint density at radius 1 is 0.903 bits per heavy atom. The maximum absolute atomic E-state index is 12.9. The van der Waals surface area contributed by atoms with Gasteiger partial charge in [0.15, 0.2) is 12.6 Å². The van der Waals surface area contributed by atoms with E-state index >= 15 is 0 Å². The van der Waals surface area contributed by atoms with Gasteiger partial charge in [0.25, 0.3) is 11.8 Å². The van der Waals surface area contributed by atoms with E-state index in [1.165, 1.54) is 0 Å². The van der Waals surface area contributed by atoms with Crippen molar-refractivity contribution in [2.45, 2.75) is 13.0 Å². The second-order valence-corrected chi connectivity index (χ2v) is 7.42. The molecular weight excluding hydrogens is 390 g/mol. The van der Waals surface area contributed by atoms with Gasteiger partial charge in [-0.1, -0.05) is 48.5 Å². The van der Waals surface area contributed by atoms with Gasteiger partial charge in [-0.25, -0.2) is 0 Å². The lowest BCUT2D eigenvalue weighted by Gasteiger charge is -2.21. The molecule has 3 rings (SSSR count). The van der Waals surface area contributed by atoms with E-state index in [9.17, 15) is 9.59 Å². The average molecular weight is 419 g/mol. The molecule has 0 spiro atoms. The largest absolute Gasteiger partial charge is 0.497 e. The zero-order valence-electron chi connectivity index (χ0n) is 18.0. The number of carbonyl (C=O) groups excluding carboxylic acids is 2. The normalized spacial score (nSPS) is 12.5. The predicted octanol–water partition coefficient (Wildman–Crippen LogP) is 2.84. The lowest BCUT2D eigenvalue weighted by molar-refractivity contribution is -0.885. The third-order valence-electron chi connectivity index (χ3n) is 5.22. The Bertz CT molecular complexity index is 1020. The number of anilines is 2. The van der Waals surface area contributed by atoms with Crippen molar-refractivity contribution >= 4 is 23.2 Å². The summed E-state index contributed by atoms with van der Waals surface area (Å²) in [5.41, 5.74) is 3.43. The topological polar surface area (TPSA) is 71.9 Å². The number of carbonyl (C=O) groups is 2. The summed E-state index contributed by atoms with van der Waals surface area (Å²) in [5.74, 6) is 0.423. The maximum Gasteiger partial charge on any atom is 0.282 e. The van der Waals surface area contributed by atoms with Crippen LogP contribution in [0.2, 0.25) is 0 Å². The van der Waals surface area contributed by atoms with Crippen molar-refractivity contribution in [3.63, 3.8) is 0 Å². The van der Waals surface area contributed by atoms with Crippen LogP contribution in [0.5, 0.6) is 5.75 Å². The summed E-state index contributed by atoms with van der Waals surface area (Å²) in [4.78, 5) is 26.1. The SMILES string of the molecule is COc1ccc(NC(=O)C[NH+](C)[C@H](C)C(=O)Nc2ccccc2-c2ccccc2)cc1. The van der Waals surface area contributed by atoms with Gasteiger partial charge in [-0.15, -0.1) is 0 Å². The third-order valence-corrected chi connectivity index (χ3v) is 5.22. The Morgan fingerprint density at radius 3 is 2.23 bits per heavy atom. The second kappa shape index (κ2) is 10.4. The summed E-state index contributed by atoms with van der Waals surface area (Å²) < 4.78 is 5.12. The molecule has 6 nitrogen and oxygen atoms in total. The van der Waals surface area contributed by atoms with Gasteiger partial charge in [0.1, 0.15) is 5.75 Å². The van der Waals surface area contributed by atoms with Gasteiger partial charge in [0.2, 0.25) is 0 Å². The lowest BCUT2D eigenvalue weighted by atomic mass is 10.0. The Kier molecular flexibility index (Phi) is 7.40. The van der Waals surface area contributed by atoms with Crippen LogP contribution in [-0.2, 0) is 9.59 Å². The van der Waals surface area contributed by atoms with Crippen LogP contribution in [0.1, 0.15) is 6.92 Å². The second-order valence-electron chi connectivity index (χ2n) is 7.42. The summed E-state index contributed by atoms with van der Waals surface area (Å²) in [6.45, 7) is 1.98. The van der Waals surface area contributed by atoms with E-state index in [1.807, 2.05) is 68.6 Å². The minimum atomic E-state index is -0.412. The highest BCUT2D eigenvalue weighted by Crippen LogP contribution is 2.27. The molecule has 0 bridgehead atoms. The molecule has 2 amide bonds. The number of amides is 2. The van der Waals surface area contributed by atoms with Gasteiger partial charge >= 0.3 is 0 Å². The van der Waals surface area contributed by atoms with Crippen molar-refractivity contribution in [3.05, 3.63) is 78.9 Å². The number of para-hydroxylation sites is 1. The zero-order valence-corrected chi connectivity index (χ0v) is 18.0. The minimum absolute atomic E-state index is 0.141. The highest BCUT2D eigenvalue weighted by atomic mass is 16.5. The number of methoxy groups -OCH3 is 1. The maximum atomic E-state index is 12.9. The number of quaternary nitrogens is 1. The van der Waals surface area contributed by atoms with Gasteiger partial charge in [-0.05, 0) is 42.8 Å². The van der Waals surface area contributed by atoms with Crippen molar-refractivity contribution in [3.8, 4) is 16.9 Å². The molecule has 31 heavy (non-hydrogen) atoms. The first-order chi connectivity index (χ1) is 15.0. The highest BCUT2D eigenvalue weighted by Gasteiger charge is 2.24. The fourth-order valence-corrected chi connectivity index (χ4v) is 3.21. The molecule has 0 saturated heterocycles. The molecular formula is C25H28N3O3+. The van der Waals surface area contributed by atoms with Crippen LogP contribution in [0.3, 0.4) is 0 Å². The smallest absolute Gasteiger partial charge is 0.282 e. The van der Waals surface area contributed by atoms with E-state index in [2.05, 4.69) is 10.6 Å². The molecule has 0 fully saturated rings. The molecule has 6 heteroatoms. The van der Waals surface area contributed by atoms with Gasteiger partial charge in [-0.2, -0.15) is 0 Å². The van der Waals surface area contributed by atoms with Crippen LogP contribution in [0.15, 0.2) is 78.9 Å². The number of rotatable bonds is 8. The first-order valence-electron chi connectivity index (χ1n) is 10.2. The molecule has 3 aromatic carbocycles. The van der Waals surface area contributed by atoms with Crippen molar-refractivity contribution in [1.82, 2.24) is 0 Å². The fraction of sp³-hybridized carbons (Fsp3) is 0.200. The number of likely N-dealkylation sites (N-methyl/N-ethyl adjacent to an activating group) is 1. The molecule has 0 heterocycles. The summed E-state index contributed by atoms with van der Waals surface area (Å²) in [5, 5.41) is 5.87. The van der Waals surface area contributed by atoms with Gasteiger partial charge < -0.3 is 20.3 Å². The molecule has 1 unspecified atom stereocenters.